The molecule has 1 aliphatic rings. The van der Waals surface area contributed by atoms with Crippen molar-refractivity contribution in [2.75, 3.05) is 66.6 Å². The lowest BCUT2D eigenvalue weighted by atomic mass is 10.2. The fraction of sp³-hybridized carbons (Fsp3) is 0.619. The van der Waals surface area contributed by atoms with Crippen molar-refractivity contribution in [2.24, 2.45) is 4.99 Å². The molecule has 29 heavy (non-hydrogen) atoms. The van der Waals surface area contributed by atoms with Crippen LogP contribution in [0.3, 0.4) is 0 Å². The number of ether oxygens (including phenoxy) is 2. The molecule has 1 amide bonds. The Hall–Kier alpha value is -2.32. The van der Waals surface area contributed by atoms with Crippen molar-refractivity contribution in [1.82, 2.24) is 20.4 Å². The summed E-state index contributed by atoms with van der Waals surface area (Å²) >= 11 is 0. The van der Waals surface area contributed by atoms with E-state index in [0.717, 1.165) is 63.9 Å². The van der Waals surface area contributed by atoms with Gasteiger partial charge in [0.1, 0.15) is 5.75 Å². The minimum Gasteiger partial charge on any atom is -0.484 e. The molecule has 8 nitrogen and oxygen atoms in total. The highest BCUT2D eigenvalue weighted by molar-refractivity contribution is 5.79. The highest BCUT2D eigenvalue weighted by Gasteiger charge is 2.09. The number of likely N-dealkylation sites (N-methyl/N-ethyl adjacent to an activating group) is 1. The molecule has 0 unspecified atom stereocenters. The monoisotopic (exact) mass is 405 g/mol. The van der Waals surface area contributed by atoms with Crippen LogP contribution in [-0.4, -0.2) is 88.3 Å². The molecule has 0 spiro atoms. The quantitative estimate of drug-likeness (QED) is 0.343. The molecular weight excluding hydrogens is 370 g/mol. The molecule has 1 aromatic carbocycles. The van der Waals surface area contributed by atoms with Crippen LogP contribution in [0.4, 0.5) is 0 Å². The lowest BCUT2D eigenvalue weighted by Crippen LogP contribution is -2.40. The van der Waals surface area contributed by atoms with Gasteiger partial charge in [-0.3, -0.25) is 9.69 Å². The second-order valence-electron chi connectivity index (χ2n) is 7.15. The Labute approximate surface area is 174 Å². The number of amides is 1. The molecule has 0 saturated carbocycles. The van der Waals surface area contributed by atoms with Gasteiger partial charge in [-0.15, -0.1) is 0 Å². The van der Waals surface area contributed by atoms with E-state index in [2.05, 4.69) is 27.4 Å². The predicted molar refractivity (Wildman–Crippen MR) is 115 cm³/mol. The third kappa shape index (κ3) is 9.15. The minimum absolute atomic E-state index is 0.0348. The third-order valence-electron chi connectivity index (χ3n) is 4.57. The van der Waals surface area contributed by atoms with E-state index >= 15 is 0 Å². The van der Waals surface area contributed by atoms with E-state index in [0.29, 0.717) is 12.3 Å². The van der Waals surface area contributed by atoms with Crippen molar-refractivity contribution in [3.63, 3.8) is 0 Å². The topological polar surface area (TPSA) is 78.4 Å². The largest absolute Gasteiger partial charge is 0.484 e. The zero-order valence-electron chi connectivity index (χ0n) is 17.9. The Morgan fingerprint density at radius 3 is 2.79 bits per heavy atom. The molecule has 162 valence electrons. The SMILES string of the molecule is CCNC(=NCc1cccc(OCC(=O)N(C)C)c1)NCCCN1CCOCC1. The predicted octanol–water partition coefficient (Wildman–Crippen LogP) is 0.931. The zero-order valence-corrected chi connectivity index (χ0v) is 17.9. The first-order chi connectivity index (χ1) is 14.1. The average molecular weight is 406 g/mol. The van der Waals surface area contributed by atoms with Crippen molar-refractivity contribution in [1.29, 1.82) is 0 Å². The number of aliphatic imine (C=N–C) groups is 1. The summed E-state index contributed by atoms with van der Waals surface area (Å²) < 4.78 is 11.0. The summed E-state index contributed by atoms with van der Waals surface area (Å²) in [6.07, 6.45) is 1.06. The highest BCUT2D eigenvalue weighted by atomic mass is 16.5. The van der Waals surface area contributed by atoms with Crippen LogP contribution in [0.15, 0.2) is 29.3 Å². The Kier molecular flexibility index (Phi) is 10.3. The fourth-order valence-corrected chi connectivity index (χ4v) is 2.85. The van der Waals surface area contributed by atoms with Crippen molar-refractivity contribution >= 4 is 11.9 Å². The van der Waals surface area contributed by atoms with Gasteiger partial charge >= 0.3 is 0 Å². The zero-order chi connectivity index (χ0) is 20.9. The molecule has 8 heteroatoms. The van der Waals surface area contributed by atoms with Gasteiger partial charge in [0.15, 0.2) is 12.6 Å². The van der Waals surface area contributed by atoms with Gasteiger partial charge < -0.3 is 25.0 Å². The number of hydrogen-bond donors (Lipinski definition) is 2. The van der Waals surface area contributed by atoms with Gasteiger partial charge in [0.05, 0.1) is 19.8 Å². The van der Waals surface area contributed by atoms with E-state index in [9.17, 15) is 4.79 Å². The fourth-order valence-electron chi connectivity index (χ4n) is 2.85. The van der Waals surface area contributed by atoms with Gasteiger partial charge in [-0.05, 0) is 37.6 Å². The number of carbonyl (C=O) groups excluding carboxylic acids is 1. The standard InChI is InChI=1S/C21H35N5O3/c1-4-22-21(23-9-6-10-26-11-13-28-14-12-26)24-16-18-7-5-8-19(15-18)29-17-20(27)25(2)3/h5,7-8,15H,4,6,9-14,16-17H2,1-3H3,(H2,22,23,24). The van der Waals surface area contributed by atoms with Crippen LogP contribution in [0.2, 0.25) is 0 Å². The molecule has 0 bridgehead atoms. The first kappa shape index (κ1) is 23.0. The maximum absolute atomic E-state index is 11.7. The normalized spacial score (nSPS) is 15.1. The van der Waals surface area contributed by atoms with Crippen molar-refractivity contribution in [3.05, 3.63) is 29.8 Å². The molecule has 0 radical (unpaired) electrons. The van der Waals surface area contributed by atoms with Crippen LogP contribution in [0.25, 0.3) is 0 Å². The average Bonchev–Trinajstić information content (AvgIpc) is 2.74. The third-order valence-corrected chi connectivity index (χ3v) is 4.57. The number of nitrogens with zero attached hydrogens (tertiary/aromatic N) is 3. The van der Waals surface area contributed by atoms with E-state index < -0.39 is 0 Å². The van der Waals surface area contributed by atoms with Crippen LogP contribution in [0.5, 0.6) is 5.75 Å². The number of morpholine rings is 1. The molecule has 0 atom stereocenters. The summed E-state index contributed by atoms with van der Waals surface area (Å²) in [5, 5.41) is 6.68. The lowest BCUT2D eigenvalue weighted by Gasteiger charge is -2.26. The molecule has 1 aliphatic heterocycles. The van der Waals surface area contributed by atoms with Gasteiger partial charge in [-0.2, -0.15) is 0 Å². The van der Waals surface area contributed by atoms with Gasteiger partial charge in [0.2, 0.25) is 0 Å². The van der Waals surface area contributed by atoms with Crippen molar-refractivity contribution in [3.8, 4) is 5.75 Å². The van der Waals surface area contributed by atoms with Crippen molar-refractivity contribution < 1.29 is 14.3 Å². The second kappa shape index (κ2) is 13.0. The molecule has 0 aliphatic carbocycles. The van der Waals surface area contributed by atoms with Crippen LogP contribution >= 0.6 is 0 Å². The molecule has 1 saturated heterocycles. The molecule has 1 fully saturated rings. The number of carbonyl (C=O) groups is 1. The van der Waals surface area contributed by atoms with E-state index in [4.69, 9.17) is 9.47 Å². The maximum atomic E-state index is 11.7. The molecule has 1 aromatic rings. The smallest absolute Gasteiger partial charge is 0.259 e. The Morgan fingerprint density at radius 2 is 2.07 bits per heavy atom. The number of guanidine groups is 1. The molecule has 1 heterocycles. The molecule has 2 rings (SSSR count). The van der Waals surface area contributed by atoms with Gasteiger partial charge in [-0.25, -0.2) is 4.99 Å². The maximum Gasteiger partial charge on any atom is 0.259 e. The van der Waals surface area contributed by atoms with Crippen LogP contribution in [-0.2, 0) is 16.1 Å². The number of benzene rings is 1. The van der Waals surface area contributed by atoms with E-state index in [1.165, 1.54) is 4.90 Å². The van der Waals surface area contributed by atoms with Crippen LogP contribution in [0.1, 0.15) is 18.9 Å². The summed E-state index contributed by atoms with van der Waals surface area (Å²) in [6, 6.07) is 7.70. The molecular formula is C21H35N5O3. The van der Waals surface area contributed by atoms with Crippen LogP contribution < -0.4 is 15.4 Å². The highest BCUT2D eigenvalue weighted by Crippen LogP contribution is 2.14. The molecule has 2 N–H and O–H groups in total. The van der Waals surface area contributed by atoms with E-state index in [1.54, 1.807) is 14.1 Å². The summed E-state index contributed by atoms with van der Waals surface area (Å²) in [5.74, 6) is 1.42. The van der Waals surface area contributed by atoms with Gasteiger partial charge in [0.25, 0.3) is 5.91 Å². The minimum atomic E-state index is -0.0656. The Morgan fingerprint density at radius 1 is 1.28 bits per heavy atom. The van der Waals surface area contributed by atoms with Crippen molar-refractivity contribution in [2.45, 2.75) is 19.9 Å². The van der Waals surface area contributed by atoms with Gasteiger partial charge in [0, 0.05) is 40.3 Å². The lowest BCUT2D eigenvalue weighted by molar-refractivity contribution is -0.130. The number of nitrogens with one attached hydrogen (secondary N) is 2. The van der Waals surface area contributed by atoms with E-state index in [1.807, 2.05) is 24.3 Å². The Balaban J connectivity index is 1.79. The first-order valence-electron chi connectivity index (χ1n) is 10.3. The second-order valence-corrected chi connectivity index (χ2v) is 7.15. The Bertz CT molecular complexity index is 645. The number of hydrogen-bond acceptors (Lipinski definition) is 5. The summed E-state index contributed by atoms with van der Waals surface area (Å²) in [4.78, 5) is 20.3. The summed E-state index contributed by atoms with van der Waals surface area (Å²) in [7, 11) is 3.43. The summed E-state index contributed by atoms with van der Waals surface area (Å²) in [5.41, 5.74) is 1.03. The van der Waals surface area contributed by atoms with Gasteiger partial charge in [-0.1, -0.05) is 12.1 Å². The van der Waals surface area contributed by atoms with E-state index in [-0.39, 0.29) is 12.5 Å². The molecule has 0 aromatic heterocycles. The van der Waals surface area contributed by atoms with Crippen LogP contribution in [0, 0.1) is 0 Å². The summed E-state index contributed by atoms with van der Waals surface area (Å²) in [6.45, 7) is 9.10. The first-order valence-corrected chi connectivity index (χ1v) is 10.3. The number of rotatable bonds is 10.